The second-order valence-electron chi connectivity index (χ2n) is 3.09. The molecule has 0 amide bonds. The summed E-state index contributed by atoms with van der Waals surface area (Å²) in [6, 6.07) is 0. The predicted molar refractivity (Wildman–Crippen MR) is 62.3 cm³/mol. The van der Waals surface area contributed by atoms with Crippen LogP contribution >= 0.6 is 0 Å². The fourth-order valence-corrected chi connectivity index (χ4v) is 1.06. The number of rotatable bonds is 6. The molecule has 3 N–H and O–H groups in total. The van der Waals surface area contributed by atoms with E-state index in [0.717, 1.165) is 19.4 Å². The average Bonchev–Trinajstić information content (AvgIpc) is 2.29. The van der Waals surface area contributed by atoms with Crippen molar-refractivity contribution < 1.29 is 0 Å². The first-order chi connectivity index (χ1) is 7.30. The Labute approximate surface area is 89.9 Å². The lowest BCUT2D eigenvalue weighted by atomic mass is 10.3. The quantitative estimate of drug-likeness (QED) is 0.612. The first kappa shape index (κ1) is 11.5. The van der Waals surface area contributed by atoms with E-state index in [1.165, 1.54) is 0 Å². The Morgan fingerprint density at radius 1 is 0.933 bits per heavy atom. The number of anilines is 3. The van der Waals surface area contributed by atoms with E-state index in [2.05, 4.69) is 37.8 Å². The van der Waals surface area contributed by atoms with Crippen LogP contribution in [-0.2, 0) is 0 Å². The van der Waals surface area contributed by atoms with E-state index in [9.17, 15) is 0 Å². The van der Waals surface area contributed by atoms with Gasteiger partial charge in [0.05, 0.1) is 0 Å². The monoisotopic (exact) mass is 210 g/mol. The molecule has 0 saturated heterocycles. The number of hydrogen-bond acceptors (Lipinski definition) is 6. The van der Waals surface area contributed by atoms with Crippen LogP contribution in [0.25, 0.3) is 0 Å². The van der Waals surface area contributed by atoms with Crippen LogP contribution in [0.1, 0.15) is 19.8 Å². The molecule has 0 aliphatic carbocycles. The maximum absolute atomic E-state index is 4.19. The highest BCUT2D eigenvalue weighted by atomic mass is 15.3. The van der Waals surface area contributed by atoms with E-state index < -0.39 is 0 Å². The maximum atomic E-state index is 4.19. The number of unbranched alkanes of at least 4 members (excludes halogenated alkanes) is 1. The summed E-state index contributed by atoms with van der Waals surface area (Å²) in [5.74, 6) is 1.73. The minimum absolute atomic E-state index is 0.563. The Hall–Kier alpha value is -1.59. The van der Waals surface area contributed by atoms with Gasteiger partial charge in [-0.15, -0.1) is 0 Å². The summed E-state index contributed by atoms with van der Waals surface area (Å²) in [7, 11) is 3.56. The molecule has 0 spiro atoms. The molecule has 0 aromatic carbocycles. The van der Waals surface area contributed by atoms with Crippen molar-refractivity contribution in [1.82, 2.24) is 15.0 Å². The molecule has 6 nitrogen and oxygen atoms in total. The molecular formula is C9H18N6. The van der Waals surface area contributed by atoms with Gasteiger partial charge in [0.15, 0.2) is 0 Å². The minimum Gasteiger partial charge on any atom is -0.357 e. The van der Waals surface area contributed by atoms with Crippen molar-refractivity contribution in [2.45, 2.75) is 19.8 Å². The van der Waals surface area contributed by atoms with Crippen molar-refractivity contribution in [1.29, 1.82) is 0 Å². The van der Waals surface area contributed by atoms with Gasteiger partial charge in [0.1, 0.15) is 0 Å². The summed E-state index contributed by atoms with van der Waals surface area (Å²) in [5, 5.41) is 8.93. The highest BCUT2D eigenvalue weighted by Crippen LogP contribution is 2.07. The van der Waals surface area contributed by atoms with Crippen LogP contribution in [0.4, 0.5) is 17.8 Å². The van der Waals surface area contributed by atoms with E-state index in [1.54, 1.807) is 14.1 Å². The van der Waals surface area contributed by atoms with Crippen molar-refractivity contribution in [3.63, 3.8) is 0 Å². The number of hydrogen-bond donors (Lipinski definition) is 3. The molecule has 0 fully saturated rings. The van der Waals surface area contributed by atoms with Gasteiger partial charge in [0.2, 0.25) is 17.8 Å². The molecule has 0 aliphatic heterocycles. The second-order valence-corrected chi connectivity index (χ2v) is 3.09. The highest BCUT2D eigenvalue weighted by molar-refractivity contribution is 5.41. The molecular weight excluding hydrogens is 192 g/mol. The lowest BCUT2D eigenvalue weighted by molar-refractivity contribution is 0.825. The van der Waals surface area contributed by atoms with Crippen LogP contribution in [0.15, 0.2) is 0 Å². The van der Waals surface area contributed by atoms with Crippen LogP contribution in [0.2, 0.25) is 0 Å². The van der Waals surface area contributed by atoms with Crippen molar-refractivity contribution in [3.8, 4) is 0 Å². The Morgan fingerprint density at radius 3 is 1.93 bits per heavy atom. The number of aromatic nitrogens is 3. The second kappa shape index (κ2) is 6.00. The summed E-state index contributed by atoms with van der Waals surface area (Å²) >= 11 is 0. The first-order valence-corrected chi connectivity index (χ1v) is 5.15. The van der Waals surface area contributed by atoms with Crippen LogP contribution in [-0.4, -0.2) is 35.6 Å². The molecule has 15 heavy (non-hydrogen) atoms. The molecule has 1 heterocycles. The zero-order valence-corrected chi connectivity index (χ0v) is 9.46. The molecule has 6 heteroatoms. The zero-order valence-electron chi connectivity index (χ0n) is 9.46. The molecule has 1 rings (SSSR count). The van der Waals surface area contributed by atoms with Gasteiger partial charge in [-0.05, 0) is 6.42 Å². The van der Waals surface area contributed by atoms with Crippen LogP contribution in [0.3, 0.4) is 0 Å². The fraction of sp³-hybridized carbons (Fsp3) is 0.667. The molecule has 0 bridgehead atoms. The summed E-state index contributed by atoms with van der Waals surface area (Å²) in [4.78, 5) is 12.5. The van der Waals surface area contributed by atoms with Crippen molar-refractivity contribution in [3.05, 3.63) is 0 Å². The Balaban J connectivity index is 2.68. The van der Waals surface area contributed by atoms with Crippen molar-refractivity contribution >= 4 is 17.8 Å². The third-order valence-electron chi connectivity index (χ3n) is 1.90. The van der Waals surface area contributed by atoms with Gasteiger partial charge >= 0.3 is 0 Å². The lowest BCUT2D eigenvalue weighted by Crippen LogP contribution is -2.10. The van der Waals surface area contributed by atoms with Gasteiger partial charge in [0.25, 0.3) is 0 Å². The van der Waals surface area contributed by atoms with E-state index in [4.69, 9.17) is 0 Å². The molecule has 0 radical (unpaired) electrons. The third-order valence-corrected chi connectivity index (χ3v) is 1.90. The summed E-state index contributed by atoms with van der Waals surface area (Å²) in [5.41, 5.74) is 0. The van der Waals surface area contributed by atoms with Crippen molar-refractivity contribution in [2.24, 2.45) is 0 Å². The summed E-state index contributed by atoms with van der Waals surface area (Å²) < 4.78 is 0. The van der Waals surface area contributed by atoms with Gasteiger partial charge in [-0.1, -0.05) is 13.3 Å². The van der Waals surface area contributed by atoms with Crippen molar-refractivity contribution in [2.75, 3.05) is 36.6 Å². The Kier molecular flexibility index (Phi) is 4.59. The molecule has 0 aliphatic rings. The molecule has 0 atom stereocenters. The summed E-state index contributed by atoms with van der Waals surface area (Å²) in [6.07, 6.45) is 2.26. The van der Waals surface area contributed by atoms with Gasteiger partial charge in [-0.3, -0.25) is 0 Å². The van der Waals surface area contributed by atoms with E-state index >= 15 is 0 Å². The maximum Gasteiger partial charge on any atom is 0.229 e. The van der Waals surface area contributed by atoms with E-state index in [1.807, 2.05) is 0 Å². The van der Waals surface area contributed by atoms with Gasteiger partial charge in [0, 0.05) is 20.6 Å². The SMILES string of the molecule is CCCCNc1nc(NC)nc(NC)n1. The fourth-order valence-electron chi connectivity index (χ4n) is 1.06. The third kappa shape index (κ3) is 3.57. The van der Waals surface area contributed by atoms with E-state index in [-0.39, 0.29) is 0 Å². The molecule has 1 aromatic heterocycles. The topological polar surface area (TPSA) is 74.8 Å². The Bertz CT molecular complexity index is 278. The smallest absolute Gasteiger partial charge is 0.229 e. The number of nitrogens with zero attached hydrogens (tertiary/aromatic N) is 3. The molecule has 0 saturated carbocycles. The summed E-state index contributed by atoms with van der Waals surface area (Å²) in [6.45, 7) is 3.03. The largest absolute Gasteiger partial charge is 0.357 e. The van der Waals surface area contributed by atoms with Gasteiger partial charge in [-0.2, -0.15) is 15.0 Å². The Morgan fingerprint density at radius 2 is 1.47 bits per heavy atom. The van der Waals surface area contributed by atoms with Gasteiger partial charge in [-0.25, -0.2) is 0 Å². The van der Waals surface area contributed by atoms with Gasteiger partial charge < -0.3 is 16.0 Å². The molecule has 0 unspecified atom stereocenters. The van der Waals surface area contributed by atoms with E-state index in [0.29, 0.717) is 17.8 Å². The predicted octanol–water partition coefficient (Wildman–Crippen LogP) is 1.17. The first-order valence-electron chi connectivity index (χ1n) is 5.15. The number of nitrogens with one attached hydrogen (secondary N) is 3. The minimum atomic E-state index is 0.563. The standard InChI is InChI=1S/C9H18N6/c1-4-5-6-12-9-14-7(10-2)13-8(11-3)15-9/h4-6H2,1-3H3,(H3,10,11,12,13,14,15). The van der Waals surface area contributed by atoms with Crippen LogP contribution < -0.4 is 16.0 Å². The molecule has 84 valence electrons. The molecule has 1 aromatic rings. The van der Waals surface area contributed by atoms with Crippen LogP contribution in [0, 0.1) is 0 Å². The highest BCUT2D eigenvalue weighted by Gasteiger charge is 2.02. The van der Waals surface area contributed by atoms with Crippen LogP contribution in [0.5, 0.6) is 0 Å². The lowest BCUT2D eigenvalue weighted by Gasteiger charge is -2.07. The normalized spacial score (nSPS) is 9.80. The average molecular weight is 210 g/mol. The zero-order chi connectivity index (χ0) is 11.1.